The molecule has 1 aromatic rings. The molecule has 0 unspecified atom stereocenters. The van der Waals surface area contributed by atoms with Gasteiger partial charge in [0.05, 0.1) is 6.61 Å². The Morgan fingerprint density at radius 2 is 2.06 bits per heavy atom. The molecule has 1 aliphatic rings. The van der Waals surface area contributed by atoms with E-state index in [2.05, 4.69) is 15.9 Å². The molecule has 1 aromatic carbocycles. The standard InChI is InChI=1S/C13H16BrNO3/c14-7-13(10-16)8-15(9-13)12(17)18-6-11-4-2-1-3-5-11/h1-5,16H,6-10H2. The van der Waals surface area contributed by atoms with Crippen molar-refractivity contribution in [1.29, 1.82) is 0 Å². The highest BCUT2D eigenvalue weighted by molar-refractivity contribution is 9.09. The Morgan fingerprint density at radius 3 is 2.61 bits per heavy atom. The summed E-state index contributed by atoms with van der Waals surface area (Å²) in [6.45, 7) is 1.46. The van der Waals surface area contributed by atoms with Gasteiger partial charge in [-0.05, 0) is 5.56 Å². The van der Waals surface area contributed by atoms with Crippen LogP contribution in [0.15, 0.2) is 30.3 Å². The third kappa shape index (κ3) is 2.84. The number of aliphatic hydroxyl groups excluding tert-OH is 1. The van der Waals surface area contributed by atoms with Crippen molar-refractivity contribution >= 4 is 22.0 Å². The maximum atomic E-state index is 11.7. The normalized spacial score (nSPS) is 17.1. The van der Waals surface area contributed by atoms with Crippen molar-refractivity contribution in [1.82, 2.24) is 4.90 Å². The summed E-state index contributed by atoms with van der Waals surface area (Å²) in [5.74, 6) is 0. The minimum atomic E-state index is -0.316. The first-order valence-corrected chi connectivity index (χ1v) is 6.94. The first-order valence-electron chi connectivity index (χ1n) is 5.81. The molecule has 0 spiro atoms. The Kier molecular flexibility index (Phi) is 4.24. The lowest BCUT2D eigenvalue weighted by molar-refractivity contribution is -0.0226. The monoisotopic (exact) mass is 313 g/mol. The van der Waals surface area contributed by atoms with Crippen LogP contribution in [0.3, 0.4) is 0 Å². The van der Waals surface area contributed by atoms with Gasteiger partial charge in [-0.1, -0.05) is 46.3 Å². The molecule has 0 aromatic heterocycles. The Morgan fingerprint density at radius 1 is 1.39 bits per heavy atom. The number of halogens is 1. The summed E-state index contributed by atoms with van der Waals surface area (Å²) >= 11 is 3.36. The summed E-state index contributed by atoms with van der Waals surface area (Å²) in [6.07, 6.45) is -0.316. The highest BCUT2D eigenvalue weighted by Crippen LogP contribution is 2.32. The van der Waals surface area contributed by atoms with Gasteiger partial charge in [0.1, 0.15) is 6.61 Å². The maximum absolute atomic E-state index is 11.7. The third-order valence-corrected chi connectivity index (χ3v) is 4.32. The summed E-state index contributed by atoms with van der Waals surface area (Å²) in [5.41, 5.74) is 0.784. The minimum absolute atomic E-state index is 0.0840. The van der Waals surface area contributed by atoms with Crippen LogP contribution < -0.4 is 0 Å². The van der Waals surface area contributed by atoms with E-state index in [0.717, 1.165) is 5.56 Å². The quantitative estimate of drug-likeness (QED) is 0.865. The van der Waals surface area contributed by atoms with Crippen molar-refractivity contribution in [2.75, 3.05) is 25.0 Å². The highest BCUT2D eigenvalue weighted by atomic mass is 79.9. The van der Waals surface area contributed by atoms with Gasteiger partial charge in [0.2, 0.25) is 0 Å². The average Bonchev–Trinajstić information content (AvgIpc) is 2.37. The Balaban J connectivity index is 1.78. The fraction of sp³-hybridized carbons (Fsp3) is 0.462. The molecule has 0 atom stereocenters. The molecule has 1 N–H and O–H groups in total. The number of amides is 1. The number of nitrogens with zero attached hydrogens (tertiary/aromatic N) is 1. The average molecular weight is 314 g/mol. The van der Waals surface area contributed by atoms with Crippen molar-refractivity contribution in [2.24, 2.45) is 5.41 Å². The molecule has 1 aliphatic heterocycles. The van der Waals surface area contributed by atoms with Gasteiger partial charge in [0, 0.05) is 23.8 Å². The van der Waals surface area contributed by atoms with Gasteiger partial charge in [-0.2, -0.15) is 0 Å². The summed E-state index contributed by atoms with van der Waals surface area (Å²) in [7, 11) is 0. The maximum Gasteiger partial charge on any atom is 0.410 e. The zero-order valence-corrected chi connectivity index (χ0v) is 11.6. The zero-order chi connectivity index (χ0) is 13.0. The second-order valence-electron chi connectivity index (χ2n) is 4.69. The SMILES string of the molecule is O=C(OCc1ccccc1)N1CC(CO)(CBr)C1. The van der Waals surface area contributed by atoms with Crippen LogP contribution in [-0.4, -0.2) is 41.1 Å². The number of alkyl halides is 1. The van der Waals surface area contributed by atoms with Crippen molar-refractivity contribution in [2.45, 2.75) is 6.61 Å². The molecule has 0 radical (unpaired) electrons. The molecular formula is C13H16BrNO3. The molecule has 2 rings (SSSR count). The molecular weight excluding hydrogens is 298 g/mol. The van der Waals surface area contributed by atoms with Crippen molar-refractivity contribution in [3.8, 4) is 0 Å². The van der Waals surface area contributed by atoms with Gasteiger partial charge in [-0.25, -0.2) is 4.79 Å². The van der Waals surface area contributed by atoms with Crippen LogP contribution in [0.5, 0.6) is 0 Å². The van der Waals surface area contributed by atoms with E-state index >= 15 is 0 Å². The van der Waals surface area contributed by atoms with E-state index in [9.17, 15) is 9.90 Å². The van der Waals surface area contributed by atoms with Crippen LogP contribution in [0, 0.1) is 5.41 Å². The molecule has 18 heavy (non-hydrogen) atoms. The third-order valence-electron chi connectivity index (χ3n) is 3.13. The second-order valence-corrected chi connectivity index (χ2v) is 5.25. The number of rotatable bonds is 4. The lowest BCUT2D eigenvalue weighted by Crippen LogP contribution is -2.61. The largest absolute Gasteiger partial charge is 0.445 e. The van der Waals surface area contributed by atoms with E-state index in [1.165, 1.54) is 0 Å². The van der Waals surface area contributed by atoms with E-state index < -0.39 is 0 Å². The van der Waals surface area contributed by atoms with Crippen molar-refractivity contribution in [3.63, 3.8) is 0 Å². The van der Waals surface area contributed by atoms with E-state index in [1.807, 2.05) is 30.3 Å². The molecule has 1 fully saturated rings. The van der Waals surface area contributed by atoms with Crippen LogP contribution in [0.2, 0.25) is 0 Å². The number of likely N-dealkylation sites (tertiary alicyclic amines) is 1. The van der Waals surface area contributed by atoms with Crippen LogP contribution in [0.1, 0.15) is 5.56 Å². The molecule has 1 saturated heterocycles. The van der Waals surface area contributed by atoms with Gasteiger partial charge >= 0.3 is 6.09 Å². The van der Waals surface area contributed by atoms with Crippen LogP contribution >= 0.6 is 15.9 Å². The van der Waals surface area contributed by atoms with Gasteiger partial charge in [-0.3, -0.25) is 0 Å². The van der Waals surface area contributed by atoms with Crippen molar-refractivity contribution < 1.29 is 14.6 Å². The number of carbonyl (C=O) groups is 1. The number of ether oxygens (including phenoxy) is 1. The number of benzene rings is 1. The van der Waals surface area contributed by atoms with E-state index in [4.69, 9.17) is 4.74 Å². The summed E-state index contributed by atoms with van der Waals surface area (Å²) < 4.78 is 5.20. The van der Waals surface area contributed by atoms with E-state index in [-0.39, 0.29) is 24.7 Å². The fourth-order valence-corrected chi connectivity index (χ4v) is 2.46. The van der Waals surface area contributed by atoms with E-state index in [1.54, 1.807) is 4.90 Å². The minimum Gasteiger partial charge on any atom is -0.445 e. The zero-order valence-electron chi connectivity index (χ0n) is 10.0. The summed E-state index contributed by atoms with van der Waals surface area (Å²) in [5, 5.41) is 9.93. The van der Waals surface area contributed by atoms with Crippen LogP contribution in [0.25, 0.3) is 0 Å². The molecule has 4 nitrogen and oxygen atoms in total. The van der Waals surface area contributed by atoms with Crippen molar-refractivity contribution in [3.05, 3.63) is 35.9 Å². The predicted molar refractivity (Wildman–Crippen MR) is 71.5 cm³/mol. The first-order chi connectivity index (χ1) is 8.69. The molecule has 98 valence electrons. The summed E-state index contributed by atoms with van der Waals surface area (Å²) in [6, 6.07) is 9.58. The van der Waals surface area contributed by atoms with Gasteiger partial charge in [-0.15, -0.1) is 0 Å². The van der Waals surface area contributed by atoms with Gasteiger partial charge < -0.3 is 14.7 Å². The number of aliphatic hydroxyl groups is 1. The second kappa shape index (κ2) is 5.71. The summed E-state index contributed by atoms with van der Waals surface area (Å²) in [4.78, 5) is 13.3. The lowest BCUT2D eigenvalue weighted by Gasteiger charge is -2.47. The molecule has 0 saturated carbocycles. The Bertz CT molecular complexity index is 398. The van der Waals surface area contributed by atoms with E-state index in [0.29, 0.717) is 18.4 Å². The highest BCUT2D eigenvalue weighted by Gasteiger charge is 2.44. The molecule has 1 amide bonds. The molecule has 5 heteroatoms. The molecule has 0 bridgehead atoms. The lowest BCUT2D eigenvalue weighted by atomic mass is 9.83. The van der Waals surface area contributed by atoms with Crippen LogP contribution in [-0.2, 0) is 11.3 Å². The topological polar surface area (TPSA) is 49.8 Å². The molecule has 1 heterocycles. The smallest absolute Gasteiger partial charge is 0.410 e. The number of hydrogen-bond acceptors (Lipinski definition) is 3. The molecule has 0 aliphatic carbocycles. The van der Waals surface area contributed by atoms with Gasteiger partial charge in [0.15, 0.2) is 0 Å². The first kappa shape index (κ1) is 13.4. The van der Waals surface area contributed by atoms with Gasteiger partial charge in [0.25, 0.3) is 0 Å². The Labute approximate surface area is 115 Å². The number of carbonyl (C=O) groups excluding carboxylic acids is 1. The Hall–Kier alpha value is -1.07. The van der Waals surface area contributed by atoms with Crippen LogP contribution in [0.4, 0.5) is 4.79 Å². The number of hydrogen-bond donors (Lipinski definition) is 1. The predicted octanol–water partition coefficient (Wildman–Crippen LogP) is 2.01. The fourth-order valence-electron chi connectivity index (χ4n) is 1.93.